The van der Waals surface area contributed by atoms with Gasteiger partial charge in [-0.15, -0.1) is 0 Å². The fourth-order valence-electron chi connectivity index (χ4n) is 0. The molecule has 0 radical (unpaired) electrons. The number of hydrogen-bond acceptors (Lipinski definition) is 2. The molecule has 0 aromatic rings. The van der Waals surface area contributed by atoms with Crippen LogP contribution in [0.3, 0.4) is 0 Å². The summed E-state index contributed by atoms with van der Waals surface area (Å²) >= 11 is 7.39. The molecular formula is C4H9I3NO2V. The molecule has 68 valence electrons. The first kappa shape index (κ1) is 15.7. The van der Waals surface area contributed by atoms with Gasteiger partial charge in [0.1, 0.15) is 5.54 Å². The molecule has 0 aromatic carbocycles. The second kappa shape index (κ2) is 7.59. The van der Waals surface area contributed by atoms with Gasteiger partial charge in [-0.1, -0.05) is 0 Å². The van der Waals surface area contributed by atoms with Gasteiger partial charge in [0.25, 0.3) is 0 Å². The van der Waals surface area contributed by atoms with E-state index in [1.54, 1.807) is 0 Å². The van der Waals surface area contributed by atoms with Crippen LogP contribution in [-0.2, 0) is 9.72 Å². The molecular weight excluding hydrogens is 526 g/mol. The summed E-state index contributed by atoms with van der Waals surface area (Å²) in [7, 11) is 0. The van der Waals surface area contributed by atoms with Crippen LogP contribution in [-0.4, -0.2) is 16.6 Å². The number of carboxylic acids is 1. The number of halogens is 3. The quantitative estimate of drug-likeness (QED) is 0.508. The van der Waals surface area contributed by atoms with E-state index in [9.17, 15) is 4.79 Å². The van der Waals surface area contributed by atoms with Crippen molar-refractivity contribution in [3.63, 3.8) is 0 Å². The Hall–Kier alpha value is 2.20. The maximum atomic E-state index is 9.90. The molecule has 0 unspecified atom stereocenters. The first-order chi connectivity index (χ1) is 4.68. The van der Waals surface area contributed by atoms with E-state index in [-0.39, 0.29) is 4.92 Å². The molecule has 0 fully saturated rings. The summed E-state index contributed by atoms with van der Waals surface area (Å²) in [4.78, 5) is 9.62. The Balaban J connectivity index is 0. The Bertz CT molecular complexity index is 122. The van der Waals surface area contributed by atoms with Crippen LogP contribution in [0, 0.1) is 0 Å². The zero-order chi connectivity index (χ0) is 9.65. The van der Waals surface area contributed by atoms with Crippen LogP contribution in [0.5, 0.6) is 0 Å². The first-order valence-electron chi connectivity index (χ1n) is 2.47. The Morgan fingerprint density at radius 3 is 1.55 bits per heavy atom. The first-order valence-corrected chi connectivity index (χ1v) is 16.0. The fraction of sp³-hybridized carbons (Fsp3) is 0.750. The molecule has 0 rings (SSSR count). The summed E-state index contributed by atoms with van der Waals surface area (Å²) < 4.78 is 0. The molecule has 0 amide bonds. The van der Waals surface area contributed by atoms with E-state index in [0.717, 1.165) is 0 Å². The van der Waals surface area contributed by atoms with E-state index >= 15 is 0 Å². The number of nitrogens with two attached hydrogens (primary N) is 1. The van der Waals surface area contributed by atoms with Gasteiger partial charge in [0, 0.05) is 0 Å². The van der Waals surface area contributed by atoms with Crippen LogP contribution in [0.2, 0.25) is 0 Å². The van der Waals surface area contributed by atoms with E-state index in [0.29, 0.717) is 0 Å². The van der Waals surface area contributed by atoms with Crippen molar-refractivity contribution in [2.45, 2.75) is 19.4 Å². The minimum absolute atomic E-state index is 0.278. The van der Waals surface area contributed by atoms with E-state index in [2.05, 4.69) is 59.9 Å². The monoisotopic (exact) mass is 535 g/mol. The SMILES string of the molecule is CC(C)(N)C(=O)O.[I][V]([I])[I]. The van der Waals surface area contributed by atoms with Crippen LogP contribution in [0.15, 0.2) is 0 Å². The molecule has 7 heteroatoms. The van der Waals surface area contributed by atoms with Gasteiger partial charge in [-0.3, -0.25) is 4.79 Å². The van der Waals surface area contributed by atoms with Crippen molar-refractivity contribution < 1.29 is 14.8 Å². The molecule has 0 spiro atoms. The molecule has 0 aliphatic rings. The standard InChI is InChI=1S/C4H9NO2.3HI.V/c1-4(2,5)3(6)7;;;;/h5H2,1-2H3,(H,6,7);3*1H;/q;;;;+3/p-3. The van der Waals surface area contributed by atoms with Crippen LogP contribution >= 0.6 is 59.9 Å². The van der Waals surface area contributed by atoms with Crippen molar-refractivity contribution in [2.75, 3.05) is 0 Å². The molecule has 0 saturated carbocycles. The molecule has 0 atom stereocenters. The molecule has 0 heterocycles. The normalized spacial score (nSPS) is 10.5. The number of carboxylic acid groups (broad SMARTS) is 1. The summed E-state index contributed by atoms with van der Waals surface area (Å²) in [5.41, 5.74) is 4.00. The summed E-state index contributed by atoms with van der Waals surface area (Å²) in [6.45, 7) is 2.88. The van der Waals surface area contributed by atoms with Crippen LogP contribution in [0.25, 0.3) is 0 Å². The second-order valence-electron chi connectivity index (χ2n) is 2.22. The summed E-state index contributed by atoms with van der Waals surface area (Å²) in [6.07, 6.45) is 0. The average Bonchev–Trinajstić information content (AvgIpc) is 1.59. The van der Waals surface area contributed by atoms with Crippen LogP contribution in [0.1, 0.15) is 13.8 Å². The zero-order valence-corrected chi connectivity index (χ0v) is 13.9. The van der Waals surface area contributed by atoms with Crippen LogP contribution < -0.4 is 5.73 Å². The Kier molecular flexibility index (Phi) is 10.8. The van der Waals surface area contributed by atoms with E-state index < -0.39 is 11.5 Å². The fourth-order valence-corrected chi connectivity index (χ4v) is 0. The predicted molar refractivity (Wildman–Crippen MR) is 68.0 cm³/mol. The summed E-state index contributed by atoms with van der Waals surface area (Å²) in [6, 6.07) is 0. The van der Waals surface area contributed by atoms with Gasteiger partial charge in [0.2, 0.25) is 0 Å². The van der Waals surface area contributed by atoms with Gasteiger partial charge < -0.3 is 10.8 Å². The maximum absolute atomic E-state index is 9.90. The third-order valence-corrected chi connectivity index (χ3v) is 0.551. The average molecular weight is 535 g/mol. The van der Waals surface area contributed by atoms with E-state index in [4.69, 9.17) is 10.8 Å². The third-order valence-electron chi connectivity index (χ3n) is 0.551. The van der Waals surface area contributed by atoms with Crippen LogP contribution in [0.4, 0.5) is 0 Å². The minimum atomic E-state index is -1.08. The molecule has 0 aliphatic carbocycles. The van der Waals surface area contributed by atoms with Gasteiger partial charge in [-0.25, -0.2) is 0 Å². The third kappa shape index (κ3) is 18.9. The van der Waals surface area contributed by atoms with Gasteiger partial charge in [0.15, 0.2) is 0 Å². The van der Waals surface area contributed by atoms with Crippen molar-refractivity contribution in [3.05, 3.63) is 0 Å². The number of aliphatic carboxylic acids is 1. The molecule has 0 saturated heterocycles. The van der Waals surface area contributed by atoms with Crippen molar-refractivity contribution in [1.82, 2.24) is 0 Å². The molecule has 11 heavy (non-hydrogen) atoms. The Morgan fingerprint density at radius 1 is 1.45 bits per heavy atom. The number of rotatable bonds is 1. The molecule has 3 nitrogen and oxygen atoms in total. The summed E-state index contributed by atoms with van der Waals surface area (Å²) in [5.74, 6) is -0.979. The van der Waals surface area contributed by atoms with E-state index in [1.165, 1.54) is 13.8 Å². The topological polar surface area (TPSA) is 63.3 Å². The van der Waals surface area contributed by atoms with Crippen molar-refractivity contribution in [1.29, 1.82) is 0 Å². The van der Waals surface area contributed by atoms with E-state index in [1.807, 2.05) is 0 Å². The van der Waals surface area contributed by atoms with Crippen molar-refractivity contribution >= 4 is 65.9 Å². The van der Waals surface area contributed by atoms with Gasteiger partial charge in [0.05, 0.1) is 0 Å². The Morgan fingerprint density at radius 2 is 1.55 bits per heavy atom. The molecule has 0 bridgehead atoms. The van der Waals surface area contributed by atoms with Gasteiger partial charge in [-0.2, -0.15) is 0 Å². The van der Waals surface area contributed by atoms with Gasteiger partial charge >= 0.3 is 70.8 Å². The number of carbonyl (C=O) groups is 1. The van der Waals surface area contributed by atoms with Crippen molar-refractivity contribution in [3.8, 4) is 0 Å². The van der Waals surface area contributed by atoms with Crippen molar-refractivity contribution in [2.24, 2.45) is 5.73 Å². The number of hydrogen-bond donors (Lipinski definition) is 2. The molecule has 0 aromatic heterocycles. The predicted octanol–water partition coefficient (Wildman–Crippen LogP) is 2.46. The molecule has 0 aliphatic heterocycles. The summed E-state index contributed by atoms with van der Waals surface area (Å²) in [5, 5.41) is 8.12. The van der Waals surface area contributed by atoms with Gasteiger partial charge in [-0.05, 0) is 13.8 Å². The second-order valence-corrected chi connectivity index (χ2v) is 37.6. The zero-order valence-electron chi connectivity index (χ0n) is 6.01. The molecule has 3 N–H and O–H groups in total. The Labute approximate surface area is 104 Å².